The molecule has 0 saturated heterocycles. The molecular weight excluding hydrogens is 428 g/mol. The van der Waals surface area contributed by atoms with E-state index in [1.807, 2.05) is 22.2 Å². The zero-order valence-corrected chi connectivity index (χ0v) is 19.0. The molecule has 2 N–H and O–H groups in total. The van der Waals surface area contributed by atoms with E-state index in [4.69, 9.17) is 21.7 Å². The molecule has 0 aliphatic carbocycles. The van der Waals surface area contributed by atoms with Gasteiger partial charge in [-0.15, -0.1) is 11.3 Å². The Hall–Kier alpha value is -2.54. The number of hydrogen-bond donors (Lipinski definition) is 2. The summed E-state index contributed by atoms with van der Waals surface area (Å²) in [6.45, 7) is 2.45. The molecule has 0 bridgehead atoms. The first-order chi connectivity index (χ1) is 15.1. The first-order valence-electron chi connectivity index (χ1n) is 10.5. The Labute approximate surface area is 190 Å². The van der Waals surface area contributed by atoms with Gasteiger partial charge in [0.05, 0.1) is 12.6 Å². The van der Waals surface area contributed by atoms with Crippen LogP contribution in [0.5, 0.6) is 5.75 Å². The largest absolute Gasteiger partial charge is 0.494 e. The predicted molar refractivity (Wildman–Crippen MR) is 126 cm³/mol. The summed E-state index contributed by atoms with van der Waals surface area (Å²) in [5.74, 6) is 0.882. The van der Waals surface area contributed by atoms with Gasteiger partial charge in [0.1, 0.15) is 5.75 Å². The number of nitrogens with one attached hydrogen (secondary N) is 2. The Morgan fingerprint density at radius 2 is 2.06 bits per heavy atom. The van der Waals surface area contributed by atoms with Crippen molar-refractivity contribution in [2.24, 2.45) is 0 Å². The lowest BCUT2D eigenvalue weighted by molar-refractivity contribution is 0.261. The number of H-pyrrole nitrogens is 1. The predicted octanol–water partition coefficient (Wildman–Crippen LogP) is 5.21. The minimum atomic E-state index is 0.189. The molecule has 0 spiro atoms. The van der Waals surface area contributed by atoms with Crippen LogP contribution in [0.2, 0.25) is 5.02 Å². The molecule has 0 saturated carbocycles. The van der Waals surface area contributed by atoms with Crippen LogP contribution >= 0.6 is 22.9 Å². The Balaban J connectivity index is 1.31. The lowest BCUT2D eigenvalue weighted by Crippen LogP contribution is -2.32. The van der Waals surface area contributed by atoms with E-state index >= 15 is 0 Å². The highest BCUT2D eigenvalue weighted by Crippen LogP contribution is 2.38. The van der Waals surface area contributed by atoms with Crippen molar-refractivity contribution >= 4 is 33.8 Å². The fourth-order valence-corrected chi connectivity index (χ4v) is 5.25. The molecule has 5 rings (SSSR count). The van der Waals surface area contributed by atoms with Gasteiger partial charge in [-0.05, 0) is 61.3 Å². The number of nitrogens with zero attached hydrogens (tertiary/aromatic N) is 2. The van der Waals surface area contributed by atoms with Gasteiger partial charge < -0.3 is 14.3 Å². The van der Waals surface area contributed by atoms with E-state index in [1.165, 1.54) is 33.5 Å². The van der Waals surface area contributed by atoms with Crippen LogP contribution in [-0.2, 0) is 13.0 Å². The van der Waals surface area contributed by atoms with Gasteiger partial charge in [-0.1, -0.05) is 23.7 Å². The summed E-state index contributed by atoms with van der Waals surface area (Å²) >= 11 is 7.70. The van der Waals surface area contributed by atoms with Crippen LogP contribution in [0.4, 0.5) is 0 Å². The quantitative estimate of drug-likeness (QED) is 0.394. The second kappa shape index (κ2) is 8.54. The maximum atomic E-state index is 7.81. The van der Waals surface area contributed by atoms with Gasteiger partial charge >= 0.3 is 0 Å². The first-order valence-corrected chi connectivity index (χ1v) is 11.8. The van der Waals surface area contributed by atoms with Gasteiger partial charge in [-0.3, -0.25) is 10.3 Å². The number of likely N-dealkylation sites (N-methyl/N-ethyl adjacent to an activating group) is 1. The number of halogens is 1. The number of aromatic nitrogens is 2. The summed E-state index contributed by atoms with van der Waals surface area (Å²) in [7, 11) is 2.18. The molecule has 1 aliphatic rings. The molecule has 160 valence electrons. The monoisotopic (exact) mass is 452 g/mol. The summed E-state index contributed by atoms with van der Waals surface area (Å²) in [6, 6.07) is 14.7. The van der Waals surface area contributed by atoms with Crippen molar-refractivity contribution in [1.29, 1.82) is 5.41 Å². The lowest BCUT2D eigenvalue weighted by Gasteiger charge is -2.33. The number of rotatable bonds is 6. The maximum Gasteiger partial charge on any atom is 0.181 e. The van der Waals surface area contributed by atoms with Crippen molar-refractivity contribution in [3.8, 4) is 5.75 Å². The van der Waals surface area contributed by atoms with Crippen LogP contribution in [0.3, 0.4) is 0 Å². The molecule has 2 aromatic carbocycles. The van der Waals surface area contributed by atoms with Gasteiger partial charge in [0.25, 0.3) is 0 Å². The zero-order valence-electron chi connectivity index (χ0n) is 17.4. The maximum absolute atomic E-state index is 7.81. The Morgan fingerprint density at radius 1 is 1.23 bits per heavy atom. The van der Waals surface area contributed by atoms with Crippen molar-refractivity contribution < 1.29 is 4.74 Å². The number of thiazole rings is 1. The third-order valence-corrected chi connectivity index (χ3v) is 6.97. The van der Waals surface area contributed by atoms with E-state index in [0.717, 1.165) is 42.2 Å². The van der Waals surface area contributed by atoms with Crippen molar-refractivity contribution in [3.05, 3.63) is 80.7 Å². The smallest absolute Gasteiger partial charge is 0.181 e. The Bertz CT molecular complexity index is 1260. The van der Waals surface area contributed by atoms with Crippen LogP contribution in [0, 0.1) is 5.41 Å². The van der Waals surface area contributed by atoms with Crippen molar-refractivity contribution in [1.82, 2.24) is 14.5 Å². The van der Waals surface area contributed by atoms with E-state index in [2.05, 4.69) is 53.3 Å². The molecule has 2 aromatic heterocycles. The van der Waals surface area contributed by atoms with Gasteiger partial charge in [0.15, 0.2) is 4.80 Å². The highest BCUT2D eigenvalue weighted by atomic mass is 35.5. The number of hydrogen-bond acceptors (Lipinski definition) is 4. The van der Waals surface area contributed by atoms with Crippen LogP contribution < -0.4 is 9.54 Å². The number of fused-ring (bicyclic) bond motifs is 3. The van der Waals surface area contributed by atoms with E-state index in [9.17, 15) is 0 Å². The lowest BCUT2D eigenvalue weighted by atomic mass is 9.93. The molecular formula is C24H25ClN4OS. The average molecular weight is 453 g/mol. The fraction of sp³-hybridized carbons (Fsp3) is 0.292. The summed E-state index contributed by atoms with van der Waals surface area (Å²) in [4.78, 5) is 6.63. The Kier molecular flexibility index (Phi) is 5.61. The molecule has 1 atom stereocenters. The molecule has 1 aliphatic heterocycles. The minimum absolute atomic E-state index is 0.189. The van der Waals surface area contributed by atoms with Crippen molar-refractivity contribution in [2.45, 2.75) is 25.4 Å². The number of benzene rings is 2. The van der Waals surface area contributed by atoms with Gasteiger partial charge in [-0.2, -0.15) is 0 Å². The third kappa shape index (κ3) is 4.03. The van der Waals surface area contributed by atoms with Gasteiger partial charge in [0, 0.05) is 46.3 Å². The zero-order chi connectivity index (χ0) is 21.4. The van der Waals surface area contributed by atoms with E-state index in [0.29, 0.717) is 11.4 Å². The molecule has 31 heavy (non-hydrogen) atoms. The van der Waals surface area contributed by atoms with Crippen LogP contribution in [0.25, 0.3) is 10.9 Å². The SMILES string of the molecule is CN1CCc2c([nH]c3ccc(Cl)cc23)C1c1ccc(OCCCn2ccsc2=N)cc1. The normalized spacial score (nSPS) is 16.5. The summed E-state index contributed by atoms with van der Waals surface area (Å²) in [5, 5.41) is 11.8. The van der Waals surface area contributed by atoms with E-state index in [-0.39, 0.29) is 6.04 Å². The highest BCUT2D eigenvalue weighted by molar-refractivity contribution is 7.06. The molecule has 4 aromatic rings. The summed E-state index contributed by atoms with van der Waals surface area (Å²) in [5.41, 5.74) is 5.04. The number of aromatic amines is 1. The molecule has 7 heteroatoms. The van der Waals surface area contributed by atoms with Gasteiger partial charge in [-0.25, -0.2) is 0 Å². The third-order valence-electron chi connectivity index (χ3n) is 6.02. The molecule has 5 nitrogen and oxygen atoms in total. The van der Waals surface area contributed by atoms with Crippen molar-refractivity contribution in [3.63, 3.8) is 0 Å². The Morgan fingerprint density at radius 3 is 2.84 bits per heavy atom. The molecule has 3 heterocycles. The van der Waals surface area contributed by atoms with E-state index < -0.39 is 0 Å². The fourth-order valence-electron chi connectivity index (χ4n) is 4.45. The van der Waals surface area contributed by atoms with Crippen LogP contribution in [0.1, 0.15) is 29.3 Å². The van der Waals surface area contributed by atoms with E-state index in [1.54, 1.807) is 0 Å². The average Bonchev–Trinajstić information content (AvgIpc) is 3.34. The summed E-state index contributed by atoms with van der Waals surface area (Å²) in [6.07, 6.45) is 3.85. The van der Waals surface area contributed by atoms with Crippen LogP contribution in [0.15, 0.2) is 54.0 Å². The minimum Gasteiger partial charge on any atom is -0.494 e. The topological polar surface area (TPSA) is 57.0 Å². The van der Waals surface area contributed by atoms with Gasteiger partial charge in [0.2, 0.25) is 0 Å². The second-order valence-corrected chi connectivity index (χ2v) is 9.34. The standard InChI is InChI=1S/C24H25ClN4OS/c1-28-11-9-19-20-15-17(25)5-8-21(20)27-22(19)23(28)16-3-6-18(7-4-16)30-13-2-10-29-12-14-31-24(29)26/h3-8,12,14-15,23,26-27H,2,9-11,13H2,1H3. The highest BCUT2D eigenvalue weighted by Gasteiger charge is 2.29. The van der Waals surface area contributed by atoms with Crippen molar-refractivity contribution in [2.75, 3.05) is 20.2 Å². The molecule has 0 fully saturated rings. The first kappa shape index (κ1) is 20.4. The number of ether oxygens (including phenoxy) is 1. The molecule has 1 unspecified atom stereocenters. The number of aryl methyl sites for hydroxylation is 1. The summed E-state index contributed by atoms with van der Waals surface area (Å²) < 4.78 is 7.88. The second-order valence-electron chi connectivity index (χ2n) is 8.01. The molecule has 0 radical (unpaired) electrons. The van der Waals surface area contributed by atoms with Crippen LogP contribution in [-0.4, -0.2) is 34.7 Å². The molecule has 0 amide bonds.